The number of fused-ring (bicyclic) bond motifs is 1. The highest BCUT2D eigenvalue weighted by Crippen LogP contribution is 2.37. The van der Waals surface area contributed by atoms with Crippen molar-refractivity contribution in [3.63, 3.8) is 0 Å². The largest absolute Gasteiger partial charge is 0.494 e. The fraction of sp³-hybridized carbons (Fsp3) is 0.158. The van der Waals surface area contributed by atoms with Crippen molar-refractivity contribution in [1.29, 1.82) is 0 Å². The number of benzene rings is 2. The van der Waals surface area contributed by atoms with Gasteiger partial charge in [0.15, 0.2) is 5.75 Å². The van der Waals surface area contributed by atoms with E-state index in [9.17, 15) is 4.39 Å². The third kappa shape index (κ3) is 3.00. The van der Waals surface area contributed by atoms with Crippen LogP contribution < -0.4 is 4.74 Å². The molecule has 2 heterocycles. The molecule has 4 rings (SSSR count). The Bertz CT molecular complexity index is 1040. The summed E-state index contributed by atoms with van der Waals surface area (Å²) < 4.78 is 18.6. The van der Waals surface area contributed by atoms with Crippen molar-refractivity contribution in [3.05, 3.63) is 64.7 Å². The first-order chi connectivity index (χ1) is 12.1. The lowest BCUT2D eigenvalue weighted by Gasteiger charge is -2.06. The molecule has 1 N–H and O–H groups in total. The van der Waals surface area contributed by atoms with E-state index in [1.54, 1.807) is 30.6 Å². The zero-order chi connectivity index (χ0) is 17.4. The van der Waals surface area contributed by atoms with Gasteiger partial charge in [-0.05, 0) is 36.8 Å². The Balaban J connectivity index is 1.69. The first-order valence-corrected chi connectivity index (χ1v) is 8.68. The molecule has 0 aliphatic heterocycles. The molecule has 0 bridgehead atoms. The van der Waals surface area contributed by atoms with E-state index < -0.39 is 0 Å². The third-order valence-electron chi connectivity index (χ3n) is 4.01. The van der Waals surface area contributed by atoms with E-state index >= 15 is 0 Å². The van der Waals surface area contributed by atoms with Crippen LogP contribution in [0.2, 0.25) is 0 Å². The second-order valence-corrected chi connectivity index (χ2v) is 6.91. The quantitative estimate of drug-likeness (QED) is 0.577. The summed E-state index contributed by atoms with van der Waals surface area (Å²) in [6, 6.07) is 10.6. The highest BCUT2D eigenvalue weighted by Gasteiger charge is 2.16. The number of hydrogen-bond donors (Lipinski definition) is 1. The number of nitrogens with zero attached hydrogens (tertiary/aromatic N) is 2. The standard InChI is InChI=1S/C19H16FN3OS/c1-11-22-16-8-7-15(18(24-2)17(16)23-11)19-21-10-14(25-19)9-12-3-5-13(20)6-4-12/h3-8,10H,9H2,1-2H3,(H,22,23). The summed E-state index contributed by atoms with van der Waals surface area (Å²) in [5.41, 5.74) is 3.74. The average molecular weight is 353 g/mol. The van der Waals surface area contributed by atoms with Gasteiger partial charge in [0.05, 0.1) is 18.2 Å². The number of aromatic nitrogens is 3. The zero-order valence-corrected chi connectivity index (χ0v) is 14.7. The Morgan fingerprint density at radius 1 is 1.16 bits per heavy atom. The molecule has 0 atom stereocenters. The van der Waals surface area contributed by atoms with E-state index in [1.807, 2.05) is 25.3 Å². The highest BCUT2D eigenvalue weighted by molar-refractivity contribution is 7.15. The van der Waals surface area contributed by atoms with Crippen molar-refractivity contribution in [2.24, 2.45) is 0 Å². The SMILES string of the molecule is COc1c(-c2ncc(Cc3ccc(F)cc3)s2)ccc2[nH]c(C)nc12. The van der Waals surface area contributed by atoms with Gasteiger partial charge in [-0.25, -0.2) is 14.4 Å². The molecule has 0 saturated carbocycles. The van der Waals surface area contributed by atoms with Crippen LogP contribution in [-0.4, -0.2) is 22.1 Å². The van der Waals surface area contributed by atoms with E-state index in [-0.39, 0.29) is 5.82 Å². The lowest BCUT2D eigenvalue weighted by Crippen LogP contribution is -1.89. The predicted octanol–water partition coefficient (Wildman–Crippen LogP) is 4.73. The number of rotatable bonds is 4. The molecule has 0 fully saturated rings. The van der Waals surface area contributed by atoms with Crippen molar-refractivity contribution >= 4 is 22.4 Å². The van der Waals surface area contributed by atoms with Gasteiger partial charge in [0, 0.05) is 17.5 Å². The van der Waals surface area contributed by atoms with Gasteiger partial charge in [0.1, 0.15) is 22.2 Å². The molecule has 0 unspecified atom stereocenters. The van der Waals surface area contributed by atoms with Crippen molar-refractivity contribution < 1.29 is 9.13 Å². The van der Waals surface area contributed by atoms with Crippen LogP contribution in [0.1, 0.15) is 16.3 Å². The van der Waals surface area contributed by atoms with Crippen LogP contribution in [0, 0.1) is 12.7 Å². The van der Waals surface area contributed by atoms with Gasteiger partial charge < -0.3 is 9.72 Å². The molecule has 0 amide bonds. The van der Waals surface area contributed by atoms with Gasteiger partial charge in [0.2, 0.25) is 0 Å². The highest BCUT2D eigenvalue weighted by atomic mass is 32.1. The molecule has 0 radical (unpaired) electrons. The van der Waals surface area contributed by atoms with Crippen LogP contribution in [0.5, 0.6) is 5.75 Å². The average Bonchev–Trinajstić information content (AvgIpc) is 3.21. The summed E-state index contributed by atoms with van der Waals surface area (Å²) in [5.74, 6) is 1.35. The number of thiazole rings is 1. The summed E-state index contributed by atoms with van der Waals surface area (Å²) in [5, 5.41) is 0.886. The van der Waals surface area contributed by atoms with Crippen molar-refractivity contribution in [2.45, 2.75) is 13.3 Å². The fourth-order valence-corrected chi connectivity index (χ4v) is 3.83. The molecule has 25 heavy (non-hydrogen) atoms. The number of imidazole rings is 1. The zero-order valence-electron chi connectivity index (χ0n) is 13.8. The van der Waals surface area contributed by atoms with Gasteiger partial charge >= 0.3 is 0 Å². The number of aromatic amines is 1. The molecule has 6 heteroatoms. The van der Waals surface area contributed by atoms with Crippen LogP contribution in [0.4, 0.5) is 4.39 Å². The normalized spacial score (nSPS) is 11.2. The first kappa shape index (κ1) is 15.8. The van der Waals surface area contributed by atoms with Gasteiger partial charge in [0.25, 0.3) is 0 Å². The summed E-state index contributed by atoms with van der Waals surface area (Å²) in [7, 11) is 1.65. The molecule has 126 valence electrons. The molecule has 2 aromatic carbocycles. The number of H-pyrrole nitrogens is 1. The van der Waals surface area contributed by atoms with Crippen LogP contribution in [0.15, 0.2) is 42.6 Å². The predicted molar refractivity (Wildman–Crippen MR) is 97.7 cm³/mol. The monoisotopic (exact) mass is 353 g/mol. The number of ether oxygens (including phenoxy) is 1. The Kier molecular flexibility index (Phi) is 3.97. The van der Waals surface area contributed by atoms with E-state index in [2.05, 4.69) is 15.0 Å². The van der Waals surface area contributed by atoms with E-state index in [1.165, 1.54) is 12.1 Å². The third-order valence-corrected chi connectivity index (χ3v) is 5.04. The molecule has 4 nitrogen and oxygen atoms in total. The van der Waals surface area contributed by atoms with Crippen molar-refractivity contribution in [2.75, 3.05) is 7.11 Å². The maximum absolute atomic E-state index is 13.0. The van der Waals surface area contributed by atoms with Crippen LogP contribution in [-0.2, 0) is 6.42 Å². The maximum Gasteiger partial charge on any atom is 0.156 e. The Morgan fingerprint density at radius 3 is 2.72 bits per heavy atom. The minimum absolute atomic E-state index is 0.221. The summed E-state index contributed by atoms with van der Waals surface area (Å²) in [6.45, 7) is 1.92. The number of methoxy groups -OCH3 is 1. The summed E-state index contributed by atoms with van der Waals surface area (Å²) >= 11 is 1.61. The van der Waals surface area contributed by atoms with Gasteiger partial charge in [-0.3, -0.25) is 0 Å². The first-order valence-electron chi connectivity index (χ1n) is 7.87. The second kappa shape index (κ2) is 6.29. The number of nitrogens with one attached hydrogen (secondary N) is 1. The molecule has 0 aliphatic rings. The number of aryl methyl sites for hydroxylation is 1. The van der Waals surface area contributed by atoms with E-state index in [0.29, 0.717) is 0 Å². The maximum atomic E-state index is 13.0. The second-order valence-electron chi connectivity index (χ2n) is 5.80. The fourth-order valence-electron chi connectivity index (χ4n) is 2.87. The molecule has 0 aliphatic carbocycles. The number of hydrogen-bond acceptors (Lipinski definition) is 4. The van der Waals surface area contributed by atoms with Crippen molar-refractivity contribution in [1.82, 2.24) is 15.0 Å². The van der Waals surface area contributed by atoms with Gasteiger partial charge in [-0.2, -0.15) is 0 Å². The lowest BCUT2D eigenvalue weighted by molar-refractivity contribution is 0.420. The molecule has 4 aromatic rings. The molecule has 0 spiro atoms. The van der Waals surface area contributed by atoms with Gasteiger partial charge in [-0.1, -0.05) is 12.1 Å². The Morgan fingerprint density at radius 2 is 1.96 bits per heavy atom. The van der Waals surface area contributed by atoms with Crippen LogP contribution in [0.25, 0.3) is 21.6 Å². The smallest absolute Gasteiger partial charge is 0.156 e. The minimum Gasteiger partial charge on any atom is -0.494 e. The summed E-state index contributed by atoms with van der Waals surface area (Å²) in [4.78, 5) is 13.4. The molecular formula is C19H16FN3OS. The topological polar surface area (TPSA) is 50.8 Å². The van der Waals surface area contributed by atoms with Crippen LogP contribution >= 0.6 is 11.3 Å². The molecule has 2 aromatic heterocycles. The molecular weight excluding hydrogens is 337 g/mol. The Hall–Kier alpha value is -2.73. The van der Waals surface area contributed by atoms with Gasteiger partial charge in [-0.15, -0.1) is 11.3 Å². The van der Waals surface area contributed by atoms with Crippen molar-refractivity contribution in [3.8, 4) is 16.3 Å². The van der Waals surface area contributed by atoms with E-state index in [4.69, 9.17) is 4.74 Å². The minimum atomic E-state index is -0.221. The lowest BCUT2D eigenvalue weighted by atomic mass is 10.1. The van der Waals surface area contributed by atoms with Crippen LogP contribution in [0.3, 0.4) is 0 Å². The number of halogens is 1. The summed E-state index contributed by atoms with van der Waals surface area (Å²) in [6.07, 6.45) is 2.59. The molecule has 0 saturated heterocycles. The Labute approximate surface area is 148 Å². The van der Waals surface area contributed by atoms with E-state index in [0.717, 1.165) is 50.0 Å².